The topological polar surface area (TPSA) is 47.0 Å². The summed E-state index contributed by atoms with van der Waals surface area (Å²) in [5.74, 6) is -0.344. The largest absolute Gasteiger partial charge is 0.381 e. The summed E-state index contributed by atoms with van der Waals surface area (Å²) in [4.78, 5) is 7.41. The van der Waals surface area contributed by atoms with Gasteiger partial charge in [0, 0.05) is 18.6 Å². The second-order valence-electron chi connectivity index (χ2n) is 4.81. The van der Waals surface area contributed by atoms with Crippen LogP contribution in [0.1, 0.15) is 20.3 Å². The zero-order chi connectivity index (χ0) is 12.6. The predicted octanol–water partition coefficient (Wildman–Crippen LogP) is 2.49. The van der Waals surface area contributed by atoms with Gasteiger partial charge in [-0.1, -0.05) is 13.8 Å². The van der Waals surface area contributed by atoms with E-state index >= 15 is 0 Å². The molecule has 2 unspecified atom stereocenters. The third kappa shape index (κ3) is 2.21. The van der Waals surface area contributed by atoms with Crippen LogP contribution in [-0.2, 0) is 4.74 Å². The standard InChI is InChI=1S/C11H15ClFN3O/c1-11(2)7(4-8(11)17-3)15-9-6(13)5-14-10(12)16-9/h5,7-8H,4H2,1-3H3,(H,14,15,16). The van der Waals surface area contributed by atoms with E-state index in [9.17, 15) is 4.39 Å². The molecule has 94 valence electrons. The monoisotopic (exact) mass is 259 g/mol. The SMILES string of the molecule is COC1CC(Nc2nc(Cl)ncc2F)C1(C)C. The highest BCUT2D eigenvalue weighted by Gasteiger charge is 2.48. The van der Waals surface area contributed by atoms with Crippen LogP contribution >= 0.6 is 11.6 Å². The maximum absolute atomic E-state index is 13.4. The van der Waals surface area contributed by atoms with Crippen molar-refractivity contribution in [1.82, 2.24) is 9.97 Å². The van der Waals surface area contributed by atoms with Gasteiger partial charge in [0.25, 0.3) is 0 Å². The molecule has 0 spiro atoms. The van der Waals surface area contributed by atoms with Crippen LogP contribution in [0.4, 0.5) is 10.2 Å². The summed E-state index contributed by atoms with van der Waals surface area (Å²) < 4.78 is 18.8. The molecule has 0 aromatic carbocycles. The van der Waals surface area contributed by atoms with Crippen LogP contribution < -0.4 is 5.32 Å². The second-order valence-corrected chi connectivity index (χ2v) is 5.15. The van der Waals surface area contributed by atoms with Crippen LogP contribution in [-0.4, -0.2) is 29.2 Å². The van der Waals surface area contributed by atoms with Crippen molar-refractivity contribution in [1.29, 1.82) is 0 Å². The number of hydrogen-bond donors (Lipinski definition) is 1. The summed E-state index contributed by atoms with van der Waals surface area (Å²) in [6, 6.07) is 0.118. The van der Waals surface area contributed by atoms with Crippen molar-refractivity contribution in [2.45, 2.75) is 32.4 Å². The number of nitrogens with one attached hydrogen (secondary N) is 1. The van der Waals surface area contributed by atoms with Gasteiger partial charge < -0.3 is 10.1 Å². The second kappa shape index (κ2) is 4.38. The van der Waals surface area contributed by atoms with E-state index in [1.54, 1.807) is 7.11 Å². The first-order chi connectivity index (χ1) is 7.95. The fourth-order valence-corrected chi connectivity index (χ4v) is 2.28. The van der Waals surface area contributed by atoms with Crippen molar-refractivity contribution in [3.05, 3.63) is 17.3 Å². The molecule has 17 heavy (non-hydrogen) atoms. The van der Waals surface area contributed by atoms with E-state index in [0.717, 1.165) is 12.6 Å². The van der Waals surface area contributed by atoms with Gasteiger partial charge >= 0.3 is 0 Å². The van der Waals surface area contributed by atoms with Crippen LogP contribution in [0, 0.1) is 11.2 Å². The Kier molecular flexibility index (Phi) is 3.23. The number of methoxy groups -OCH3 is 1. The Bertz CT molecular complexity index is 427. The first kappa shape index (κ1) is 12.5. The van der Waals surface area contributed by atoms with Gasteiger partial charge in [0.2, 0.25) is 5.28 Å². The summed E-state index contributed by atoms with van der Waals surface area (Å²) in [6.45, 7) is 4.14. The molecule has 1 heterocycles. The van der Waals surface area contributed by atoms with Crippen LogP contribution in [0.25, 0.3) is 0 Å². The smallest absolute Gasteiger partial charge is 0.224 e. The lowest BCUT2D eigenvalue weighted by Crippen LogP contribution is -2.57. The molecule has 1 fully saturated rings. The molecule has 1 aromatic rings. The normalized spacial score (nSPS) is 26.4. The van der Waals surface area contributed by atoms with Crippen molar-refractivity contribution in [2.24, 2.45) is 5.41 Å². The number of hydrogen-bond acceptors (Lipinski definition) is 4. The molecule has 0 amide bonds. The summed E-state index contributed by atoms with van der Waals surface area (Å²) in [7, 11) is 1.69. The van der Waals surface area contributed by atoms with E-state index in [1.807, 2.05) is 0 Å². The zero-order valence-corrected chi connectivity index (χ0v) is 10.8. The fraction of sp³-hybridized carbons (Fsp3) is 0.636. The Morgan fingerprint density at radius 1 is 1.59 bits per heavy atom. The summed E-state index contributed by atoms with van der Waals surface area (Å²) >= 11 is 5.63. The zero-order valence-electron chi connectivity index (χ0n) is 10.00. The Labute approximate surface area is 105 Å². The highest BCUT2D eigenvalue weighted by atomic mass is 35.5. The first-order valence-corrected chi connectivity index (χ1v) is 5.80. The Morgan fingerprint density at radius 3 is 2.88 bits per heavy atom. The lowest BCUT2D eigenvalue weighted by molar-refractivity contribution is -0.0796. The number of ether oxygens (including phenoxy) is 1. The van der Waals surface area contributed by atoms with E-state index in [2.05, 4.69) is 29.1 Å². The van der Waals surface area contributed by atoms with Gasteiger partial charge in [0.05, 0.1) is 12.3 Å². The van der Waals surface area contributed by atoms with Gasteiger partial charge in [0.1, 0.15) is 0 Å². The minimum atomic E-state index is -0.494. The van der Waals surface area contributed by atoms with Crippen molar-refractivity contribution in [2.75, 3.05) is 12.4 Å². The summed E-state index contributed by atoms with van der Waals surface area (Å²) in [6.07, 6.45) is 2.07. The molecule has 6 heteroatoms. The first-order valence-electron chi connectivity index (χ1n) is 5.42. The van der Waals surface area contributed by atoms with Gasteiger partial charge in [0.15, 0.2) is 11.6 Å². The van der Waals surface area contributed by atoms with Gasteiger partial charge in [-0.05, 0) is 18.0 Å². The summed E-state index contributed by atoms with van der Waals surface area (Å²) in [5.41, 5.74) is -0.0569. The number of anilines is 1. The Balaban J connectivity index is 2.10. The molecule has 1 N–H and O–H groups in total. The highest BCUT2D eigenvalue weighted by Crippen LogP contribution is 2.44. The molecule has 2 rings (SSSR count). The molecule has 2 atom stereocenters. The number of nitrogens with zero attached hydrogens (tertiary/aromatic N) is 2. The Morgan fingerprint density at radius 2 is 2.29 bits per heavy atom. The third-order valence-electron chi connectivity index (χ3n) is 3.49. The predicted molar refractivity (Wildman–Crippen MR) is 63.6 cm³/mol. The van der Waals surface area contributed by atoms with Crippen molar-refractivity contribution >= 4 is 17.4 Å². The molecule has 0 aliphatic heterocycles. The number of aromatic nitrogens is 2. The van der Waals surface area contributed by atoms with Gasteiger partial charge in [-0.2, -0.15) is 4.98 Å². The average molecular weight is 260 g/mol. The van der Waals surface area contributed by atoms with Crippen LogP contribution in [0.5, 0.6) is 0 Å². The molecule has 4 nitrogen and oxygen atoms in total. The van der Waals surface area contributed by atoms with Crippen LogP contribution in [0.2, 0.25) is 5.28 Å². The summed E-state index contributed by atoms with van der Waals surface area (Å²) in [5, 5.41) is 3.09. The molecule has 0 bridgehead atoms. The molecule has 1 aliphatic rings. The highest BCUT2D eigenvalue weighted by molar-refractivity contribution is 6.28. The van der Waals surface area contributed by atoms with Gasteiger partial charge in [-0.3, -0.25) is 0 Å². The minimum Gasteiger partial charge on any atom is -0.381 e. The van der Waals surface area contributed by atoms with Gasteiger partial charge in [-0.25, -0.2) is 9.37 Å². The van der Waals surface area contributed by atoms with Gasteiger partial charge in [-0.15, -0.1) is 0 Å². The van der Waals surface area contributed by atoms with E-state index in [1.165, 1.54) is 0 Å². The molecule has 1 aromatic heterocycles. The molecular formula is C11H15ClFN3O. The quantitative estimate of drug-likeness (QED) is 0.848. The van der Waals surface area contributed by atoms with E-state index in [0.29, 0.717) is 0 Å². The van der Waals surface area contributed by atoms with Crippen molar-refractivity contribution in [3.8, 4) is 0 Å². The van der Waals surface area contributed by atoms with Crippen molar-refractivity contribution < 1.29 is 9.13 Å². The minimum absolute atomic E-state index is 0.0364. The maximum atomic E-state index is 13.4. The molecular weight excluding hydrogens is 245 g/mol. The molecule has 0 saturated heterocycles. The average Bonchev–Trinajstić information content (AvgIpc) is 2.28. The molecule has 0 radical (unpaired) electrons. The molecule has 1 saturated carbocycles. The van der Waals surface area contributed by atoms with Crippen LogP contribution in [0.3, 0.4) is 0 Å². The lowest BCUT2D eigenvalue weighted by atomic mass is 9.64. The lowest BCUT2D eigenvalue weighted by Gasteiger charge is -2.51. The number of rotatable bonds is 3. The van der Waals surface area contributed by atoms with Crippen molar-refractivity contribution in [3.63, 3.8) is 0 Å². The molecule has 1 aliphatic carbocycles. The third-order valence-corrected chi connectivity index (χ3v) is 3.67. The number of halogens is 2. The van der Waals surface area contributed by atoms with E-state index < -0.39 is 5.82 Å². The Hall–Kier alpha value is -0.940. The van der Waals surface area contributed by atoms with E-state index in [4.69, 9.17) is 16.3 Å². The van der Waals surface area contributed by atoms with Crippen LogP contribution in [0.15, 0.2) is 6.20 Å². The van der Waals surface area contributed by atoms with E-state index in [-0.39, 0.29) is 28.7 Å². The fourth-order valence-electron chi connectivity index (χ4n) is 2.14. The maximum Gasteiger partial charge on any atom is 0.224 e.